The van der Waals surface area contributed by atoms with Crippen LogP contribution in [-0.2, 0) is 14.8 Å². The van der Waals surface area contributed by atoms with E-state index in [0.29, 0.717) is 24.5 Å². The Hall–Kier alpha value is -2.49. The molecule has 0 aliphatic rings. The highest BCUT2D eigenvalue weighted by molar-refractivity contribution is 7.89. The monoisotopic (exact) mass is 435 g/mol. The highest BCUT2D eigenvalue weighted by atomic mass is 32.2. The van der Waals surface area contributed by atoms with E-state index >= 15 is 0 Å². The molecule has 0 unspecified atom stereocenters. The van der Waals surface area contributed by atoms with Crippen molar-refractivity contribution in [3.05, 3.63) is 54.1 Å². The van der Waals surface area contributed by atoms with Gasteiger partial charge < -0.3 is 10.1 Å². The number of thiocarbonyl (C=S) groups is 1. The predicted molar refractivity (Wildman–Crippen MR) is 118 cm³/mol. The van der Waals surface area contributed by atoms with E-state index in [1.165, 1.54) is 16.4 Å². The summed E-state index contributed by atoms with van der Waals surface area (Å²) in [6.45, 7) is 6.11. The van der Waals surface area contributed by atoms with E-state index in [1.807, 2.05) is 25.1 Å². The van der Waals surface area contributed by atoms with Gasteiger partial charge in [-0.25, -0.2) is 8.42 Å². The number of amides is 1. The third kappa shape index (κ3) is 6.25. The number of rotatable bonds is 8. The summed E-state index contributed by atoms with van der Waals surface area (Å²) in [5.41, 5.74) is 1.49. The van der Waals surface area contributed by atoms with Crippen LogP contribution in [0.4, 0.5) is 5.69 Å². The average Bonchev–Trinajstić information content (AvgIpc) is 2.68. The summed E-state index contributed by atoms with van der Waals surface area (Å²) in [6.07, 6.45) is 0. The lowest BCUT2D eigenvalue weighted by Crippen LogP contribution is -2.37. The van der Waals surface area contributed by atoms with E-state index in [4.69, 9.17) is 17.0 Å². The van der Waals surface area contributed by atoms with E-state index < -0.39 is 15.9 Å². The number of para-hydroxylation sites is 1. The van der Waals surface area contributed by atoms with E-state index in [-0.39, 0.29) is 16.6 Å². The number of ether oxygens (including phenoxy) is 1. The summed E-state index contributed by atoms with van der Waals surface area (Å²) in [6, 6.07) is 13.6. The molecule has 0 aliphatic carbocycles. The third-order valence-corrected chi connectivity index (χ3v) is 6.43. The van der Waals surface area contributed by atoms with Crippen LogP contribution in [0.1, 0.15) is 19.4 Å². The summed E-state index contributed by atoms with van der Waals surface area (Å²) >= 11 is 5.13. The SMILES string of the molecule is CCN(CC)S(=O)(=O)c1ccc(NC(=S)NC(=O)COc2ccccc2C)cc1. The molecule has 0 aliphatic heterocycles. The van der Waals surface area contributed by atoms with Crippen LogP contribution in [0.25, 0.3) is 0 Å². The van der Waals surface area contributed by atoms with Crippen LogP contribution >= 0.6 is 12.2 Å². The molecule has 2 N–H and O–H groups in total. The first-order valence-electron chi connectivity index (χ1n) is 9.17. The minimum atomic E-state index is -3.52. The Morgan fingerprint density at radius 3 is 2.28 bits per heavy atom. The van der Waals surface area contributed by atoms with Gasteiger partial charge in [-0.3, -0.25) is 10.1 Å². The number of anilines is 1. The van der Waals surface area contributed by atoms with Crippen molar-refractivity contribution in [3.8, 4) is 5.75 Å². The van der Waals surface area contributed by atoms with Crippen molar-refractivity contribution in [2.45, 2.75) is 25.7 Å². The van der Waals surface area contributed by atoms with Crippen LogP contribution in [0.15, 0.2) is 53.4 Å². The van der Waals surface area contributed by atoms with Crippen LogP contribution < -0.4 is 15.4 Å². The Kier molecular flexibility index (Phi) is 8.12. The molecule has 7 nitrogen and oxygen atoms in total. The summed E-state index contributed by atoms with van der Waals surface area (Å²) < 4.78 is 31.8. The second-order valence-electron chi connectivity index (χ2n) is 6.17. The Morgan fingerprint density at radius 1 is 1.07 bits per heavy atom. The number of nitrogens with one attached hydrogen (secondary N) is 2. The lowest BCUT2D eigenvalue weighted by molar-refractivity contribution is -0.121. The Morgan fingerprint density at radius 2 is 1.69 bits per heavy atom. The maximum atomic E-state index is 12.5. The topological polar surface area (TPSA) is 87.7 Å². The molecule has 0 saturated heterocycles. The molecule has 2 rings (SSSR count). The lowest BCUT2D eigenvalue weighted by atomic mass is 10.2. The number of carbonyl (C=O) groups is 1. The number of hydrogen-bond acceptors (Lipinski definition) is 5. The highest BCUT2D eigenvalue weighted by Crippen LogP contribution is 2.18. The van der Waals surface area contributed by atoms with Crippen LogP contribution in [-0.4, -0.2) is 43.4 Å². The fourth-order valence-corrected chi connectivity index (χ4v) is 4.30. The summed E-state index contributed by atoms with van der Waals surface area (Å²) in [4.78, 5) is 12.2. The first-order valence-corrected chi connectivity index (χ1v) is 11.0. The molecule has 0 heterocycles. The van der Waals surface area contributed by atoms with Crippen LogP contribution in [0.3, 0.4) is 0 Å². The van der Waals surface area contributed by atoms with Crippen molar-refractivity contribution in [3.63, 3.8) is 0 Å². The number of sulfonamides is 1. The molecule has 0 atom stereocenters. The first kappa shape index (κ1) is 22.8. The molecule has 0 bridgehead atoms. The van der Waals surface area contributed by atoms with Gasteiger partial charge in [-0.05, 0) is 55.0 Å². The van der Waals surface area contributed by atoms with E-state index in [1.54, 1.807) is 32.0 Å². The normalized spacial score (nSPS) is 11.2. The van der Waals surface area contributed by atoms with Gasteiger partial charge in [0.2, 0.25) is 10.0 Å². The molecule has 9 heteroatoms. The quantitative estimate of drug-likeness (QED) is 0.620. The maximum Gasteiger partial charge on any atom is 0.264 e. The van der Waals surface area contributed by atoms with Crippen LogP contribution in [0.2, 0.25) is 0 Å². The van der Waals surface area contributed by atoms with E-state index in [0.717, 1.165) is 5.56 Å². The zero-order valence-electron chi connectivity index (χ0n) is 16.6. The van der Waals surface area contributed by atoms with Crippen molar-refractivity contribution < 1.29 is 17.9 Å². The van der Waals surface area contributed by atoms with Gasteiger partial charge in [0.05, 0.1) is 4.90 Å². The largest absolute Gasteiger partial charge is 0.483 e. The standard InChI is InChI=1S/C20H25N3O4S2/c1-4-23(5-2)29(25,26)17-12-10-16(11-13-17)21-20(28)22-19(24)14-27-18-9-7-6-8-15(18)3/h6-13H,4-5,14H2,1-3H3,(H2,21,22,24,28). The van der Waals surface area contributed by atoms with Gasteiger partial charge in [0.25, 0.3) is 5.91 Å². The predicted octanol–water partition coefficient (Wildman–Crippen LogP) is 2.92. The number of nitrogens with zero attached hydrogens (tertiary/aromatic N) is 1. The van der Waals surface area contributed by atoms with Crippen LogP contribution in [0.5, 0.6) is 5.75 Å². The van der Waals surface area contributed by atoms with Gasteiger partial charge in [-0.1, -0.05) is 32.0 Å². The highest BCUT2D eigenvalue weighted by Gasteiger charge is 2.21. The number of hydrogen-bond donors (Lipinski definition) is 2. The van der Waals surface area contributed by atoms with Gasteiger partial charge in [-0.2, -0.15) is 4.31 Å². The molecule has 29 heavy (non-hydrogen) atoms. The first-order chi connectivity index (χ1) is 13.8. The fraction of sp³-hybridized carbons (Fsp3) is 0.300. The van der Waals surface area contributed by atoms with Gasteiger partial charge in [0.15, 0.2) is 11.7 Å². The Bertz CT molecular complexity index is 956. The van der Waals surface area contributed by atoms with E-state index in [9.17, 15) is 13.2 Å². The van der Waals surface area contributed by atoms with Crippen LogP contribution in [0, 0.1) is 6.92 Å². The van der Waals surface area contributed by atoms with Crippen molar-refractivity contribution >= 4 is 38.9 Å². The molecular weight excluding hydrogens is 410 g/mol. The van der Waals surface area contributed by atoms with Gasteiger partial charge >= 0.3 is 0 Å². The van der Waals surface area contributed by atoms with E-state index in [2.05, 4.69) is 10.6 Å². The molecule has 0 saturated carbocycles. The summed E-state index contributed by atoms with van der Waals surface area (Å²) in [5, 5.41) is 5.48. The number of aryl methyl sites for hydroxylation is 1. The average molecular weight is 436 g/mol. The molecular formula is C20H25N3O4S2. The zero-order chi connectivity index (χ0) is 21.4. The molecule has 156 valence electrons. The third-order valence-electron chi connectivity index (χ3n) is 4.16. The van der Waals surface area contributed by atoms with Crippen molar-refractivity contribution in [1.29, 1.82) is 0 Å². The molecule has 0 fully saturated rings. The molecule has 1 amide bonds. The molecule has 0 radical (unpaired) electrons. The zero-order valence-corrected chi connectivity index (χ0v) is 18.3. The summed E-state index contributed by atoms with van der Waals surface area (Å²) in [7, 11) is -3.52. The van der Waals surface area contributed by atoms with Gasteiger partial charge in [-0.15, -0.1) is 0 Å². The summed E-state index contributed by atoms with van der Waals surface area (Å²) in [5.74, 6) is 0.234. The lowest BCUT2D eigenvalue weighted by Gasteiger charge is -2.18. The number of carbonyl (C=O) groups excluding carboxylic acids is 1. The van der Waals surface area contributed by atoms with Gasteiger partial charge in [0.1, 0.15) is 5.75 Å². The smallest absolute Gasteiger partial charge is 0.264 e. The minimum Gasteiger partial charge on any atom is -0.483 e. The Balaban J connectivity index is 1.90. The van der Waals surface area contributed by atoms with Crippen molar-refractivity contribution in [2.75, 3.05) is 25.0 Å². The molecule has 0 spiro atoms. The number of benzene rings is 2. The van der Waals surface area contributed by atoms with Crippen molar-refractivity contribution in [1.82, 2.24) is 9.62 Å². The van der Waals surface area contributed by atoms with Crippen molar-refractivity contribution in [2.24, 2.45) is 0 Å². The second kappa shape index (κ2) is 10.3. The Labute approximate surface area is 177 Å². The maximum absolute atomic E-state index is 12.5. The molecule has 2 aromatic carbocycles. The van der Waals surface area contributed by atoms with Gasteiger partial charge in [0, 0.05) is 18.8 Å². The molecule has 2 aromatic rings. The minimum absolute atomic E-state index is 0.0998. The molecule has 0 aromatic heterocycles. The fourth-order valence-electron chi connectivity index (χ4n) is 2.61. The second-order valence-corrected chi connectivity index (χ2v) is 8.52.